The predicted octanol–water partition coefficient (Wildman–Crippen LogP) is 3.92. The van der Waals surface area contributed by atoms with E-state index in [2.05, 4.69) is 4.85 Å². The van der Waals surface area contributed by atoms with Crippen LogP contribution in [0, 0.1) is 6.57 Å². The van der Waals surface area contributed by atoms with Crippen molar-refractivity contribution in [1.29, 1.82) is 0 Å². The molecule has 0 saturated heterocycles. The van der Waals surface area contributed by atoms with Crippen LogP contribution in [0.2, 0.25) is 0 Å². The molecule has 0 aliphatic rings. The van der Waals surface area contributed by atoms with E-state index in [-0.39, 0.29) is 0 Å². The summed E-state index contributed by atoms with van der Waals surface area (Å²) in [6.45, 7) is 16.0. The summed E-state index contributed by atoms with van der Waals surface area (Å²) in [5.41, 5.74) is -0.104. The predicted molar refractivity (Wildman–Crippen MR) is 95.5 cm³/mol. The third-order valence-corrected chi connectivity index (χ3v) is 3.92. The summed E-state index contributed by atoms with van der Waals surface area (Å²) in [5.74, 6) is -0.535. The number of carbonyl (C=O) groups is 2. The molecular formula is C19H26N2O4. The summed E-state index contributed by atoms with van der Waals surface area (Å²) >= 11 is 0. The number of carbonyl (C=O) groups excluding carboxylic acids is 2. The average Bonchev–Trinajstić information content (AvgIpc) is 2.52. The zero-order valence-electron chi connectivity index (χ0n) is 15.9. The van der Waals surface area contributed by atoms with Gasteiger partial charge in [-0.3, -0.25) is 4.90 Å². The Bertz CT molecular complexity index is 666. The van der Waals surface area contributed by atoms with Crippen molar-refractivity contribution in [2.45, 2.75) is 51.7 Å². The Morgan fingerprint density at radius 3 is 2.04 bits per heavy atom. The van der Waals surface area contributed by atoms with E-state index in [1.807, 2.05) is 13.8 Å². The summed E-state index contributed by atoms with van der Waals surface area (Å²) < 4.78 is 10.3. The number of ether oxygens (including phenoxy) is 2. The number of likely N-dealkylation sites (N-methyl/N-ethyl adjacent to an activating group) is 1. The van der Waals surface area contributed by atoms with Crippen LogP contribution < -0.4 is 0 Å². The van der Waals surface area contributed by atoms with Gasteiger partial charge in [-0.25, -0.2) is 14.4 Å². The normalized spacial score (nSPS) is 12.7. The van der Waals surface area contributed by atoms with Gasteiger partial charge in [-0.1, -0.05) is 38.1 Å². The van der Waals surface area contributed by atoms with Crippen molar-refractivity contribution in [2.24, 2.45) is 0 Å². The number of rotatable bonds is 4. The lowest BCUT2D eigenvalue weighted by Crippen LogP contribution is -2.54. The van der Waals surface area contributed by atoms with Crippen LogP contribution in [0.5, 0.6) is 0 Å². The van der Waals surface area contributed by atoms with Crippen molar-refractivity contribution in [1.82, 2.24) is 4.90 Å². The minimum Gasteiger partial charge on any atom is -0.467 e. The molecule has 1 amide bonds. The van der Waals surface area contributed by atoms with Gasteiger partial charge in [-0.2, -0.15) is 0 Å². The van der Waals surface area contributed by atoms with Gasteiger partial charge in [0, 0.05) is 12.5 Å². The van der Waals surface area contributed by atoms with Gasteiger partial charge in [0.15, 0.2) is 5.69 Å². The van der Waals surface area contributed by atoms with Gasteiger partial charge in [0.25, 0.3) is 0 Å². The Hall–Kier alpha value is -2.55. The first-order chi connectivity index (χ1) is 11.4. The van der Waals surface area contributed by atoms with E-state index >= 15 is 0 Å². The van der Waals surface area contributed by atoms with Gasteiger partial charge in [0.05, 0.1) is 13.7 Å². The number of methoxy groups -OCH3 is 1. The van der Waals surface area contributed by atoms with Crippen LogP contribution in [-0.2, 0) is 19.7 Å². The molecule has 0 aliphatic heterocycles. The second-order valence-corrected chi connectivity index (χ2v) is 7.40. The number of benzene rings is 1. The molecular weight excluding hydrogens is 320 g/mol. The minimum absolute atomic E-state index is 0.509. The van der Waals surface area contributed by atoms with Gasteiger partial charge in [-0.05, 0) is 26.3 Å². The van der Waals surface area contributed by atoms with Gasteiger partial charge in [0.1, 0.15) is 11.6 Å². The molecule has 6 heteroatoms. The van der Waals surface area contributed by atoms with Gasteiger partial charge < -0.3 is 9.47 Å². The number of nitrogens with zero attached hydrogens (tertiary/aromatic N) is 2. The Labute approximate surface area is 149 Å². The molecule has 0 unspecified atom stereocenters. The van der Waals surface area contributed by atoms with E-state index in [1.54, 1.807) is 45.0 Å². The zero-order valence-corrected chi connectivity index (χ0v) is 15.9. The molecule has 0 saturated carbocycles. The first-order valence-corrected chi connectivity index (χ1v) is 7.95. The van der Waals surface area contributed by atoms with Crippen LogP contribution in [0.3, 0.4) is 0 Å². The number of esters is 1. The lowest BCUT2D eigenvalue weighted by atomic mass is 9.77. The van der Waals surface area contributed by atoms with Crippen molar-refractivity contribution < 1.29 is 19.1 Å². The fraction of sp³-hybridized carbons (Fsp3) is 0.526. The lowest BCUT2D eigenvalue weighted by molar-refractivity contribution is -0.148. The molecule has 6 nitrogen and oxygen atoms in total. The molecule has 1 aromatic rings. The van der Waals surface area contributed by atoms with Crippen molar-refractivity contribution in [3.63, 3.8) is 0 Å². The molecule has 1 rings (SSSR count). The molecule has 25 heavy (non-hydrogen) atoms. The van der Waals surface area contributed by atoms with Crippen molar-refractivity contribution in [2.75, 3.05) is 14.2 Å². The largest absolute Gasteiger partial charge is 0.467 e. The topological polar surface area (TPSA) is 60.2 Å². The third-order valence-electron chi connectivity index (χ3n) is 3.92. The van der Waals surface area contributed by atoms with Crippen LogP contribution >= 0.6 is 0 Å². The first kappa shape index (κ1) is 20.5. The van der Waals surface area contributed by atoms with Crippen molar-refractivity contribution in [3.8, 4) is 0 Å². The van der Waals surface area contributed by atoms with E-state index in [0.29, 0.717) is 5.69 Å². The second-order valence-electron chi connectivity index (χ2n) is 7.40. The Kier molecular flexibility index (Phi) is 6.20. The summed E-state index contributed by atoms with van der Waals surface area (Å²) in [4.78, 5) is 29.5. The van der Waals surface area contributed by atoms with Crippen LogP contribution in [0.25, 0.3) is 4.85 Å². The fourth-order valence-corrected chi connectivity index (χ4v) is 2.61. The van der Waals surface area contributed by atoms with Gasteiger partial charge >= 0.3 is 12.1 Å². The average molecular weight is 346 g/mol. The summed E-state index contributed by atoms with van der Waals surface area (Å²) in [6, 6.07) is 6.06. The molecule has 136 valence electrons. The third kappa shape index (κ3) is 4.96. The molecule has 1 aromatic carbocycles. The maximum atomic E-state index is 12.5. The highest BCUT2D eigenvalue weighted by atomic mass is 16.6. The van der Waals surface area contributed by atoms with E-state index in [9.17, 15) is 9.59 Å². The van der Waals surface area contributed by atoms with E-state index in [4.69, 9.17) is 16.0 Å². The molecule has 0 N–H and O–H groups in total. The molecule has 0 bridgehead atoms. The SMILES string of the molecule is [C-]#[N+]c1ccc(C(C)(C)[C@@H](C(=O)OC)N(C)C(=O)OC(C)(C)C)cc1. The monoisotopic (exact) mass is 346 g/mol. The Morgan fingerprint density at radius 1 is 1.12 bits per heavy atom. The summed E-state index contributed by atoms with van der Waals surface area (Å²) in [6.07, 6.45) is -0.603. The Morgan fingerprint density at radius 2 is 1.64 bits per heavy atom. The van der Waals surface area contributed by atoms with Crippen LogP contribution in [0.4, 0.5) is 10.5 Å². The first-order valence-electron chi connectivity index (χ1n) is 7.95. The molecule has 0 heterocycles. The van der Waals surface area contributed by atoms with E-state index < -0.39 is 29.1 Å². The molecule has 0 aromatic heterocycles. The quantitative estimate of drug-likeness (QED) is 0.612. The molecule has 0 aliphatic carbocycles. The van der Waals surface area contributed by atoms with Crippen molar-refractivity contribution in [3.05, 3.63) is 41.2 Å². The molecule has 0 spiro atoms. The van der Waals surface area contributed by atoms with Crippen LogP contribution in [0.15, 0.2) is 24.3 Å². The van der Waals surface area contributed by atoms with Crippen LogP contribution in [-0.4, -0.2) is 42.8 Å². The maximum Gasteiger partial charge on any atom is 0.410 e. The standard InChI is InChI=1S/C19H26N2O4/c1-18(2,3)25-17(23)21(7)15(16(22)24-8)19(4,5)13-9-11-14(20-6)12-10-13/h9-12,15H,1-5,7-8H3/t15-/m1/s1. The molecule has 0 radical (unpaired) electrons. The summed E-state index contributed by atoms with van der Waals surface area (Å²) in [5, 5.41) is 0. The number of hydrogen-bond acceptors (Lipinski definition) is 4. The van der Waals surface area contributed by atoms with Crippen LogP contribution in [0.1, 0.15) is 40.2 Å². The lowest BCUT2D eigenvalue weighted by Gasteiger charge is -2.39. The van der Waals surface area contributed by atoms with Crippen molar-refractivity contribution >= 4 is 17.7 Å². The molecule has 1 atom stereocenters. The van der Waals surface area contributed by atoms with Gasteiger partial charge in [-0.15, -0.1) is 0 Å². The van der Waals surface area contributed by atoms with E-state index in [0.717, 1.165) is 5.56 Å². The minimum atomic E-state index is -0.883. The zero-order chi connectivity index (χ0) is 19.4. The maximum absolute atomic E-state index is 12.5. The number of amides is 1. The highest BCUT2D eigenvalue weighted by Gasteiger charge is 2.43. The highest BCUT2D eigenvalue weighted by Crippen LogP contribution is 2.32. The van der Waals surface area contributed by atoms with E-state index in [1.165, 1.54) is 19.1 Å². The van der Waals surface area contributed by atoms with Gasteiger partial charge in [0.2, 0.25) is 0 Å². The second kappa shape index (κ2) is 7.56. The summed E-state index contributed by atoms with van der Waals surface area (Å²) in [7, 11) is 2.81. The number of hydrogen-bond donors (Lipinski definition) is 0. The Balaban J connectivity index is 3.25. The highest BCUT2D eigenvalue weighted by molar-refractivity contribution is 5.83. The molecule has 0 fully saturated rings. The fourth-order valence-electron chi connectivity index (χ4n) is 2.61. The smallest absolute Gasteiger partial charge is 0.410 e.